The van der Waals surface area contributed by atoms with Crippen molar-refractivity contribution in [1.29, 1.82) is 0 Å². The molecule has 0 atom stereocenters. The molecule has 0 aliphatic rings. The summed E-state index contributed by atoms with van der Waals surface area (Å²) in [5.74, 6) is 0.729. The lowest BCUT2D eigenvalue weighted by Gasteiger charge is -2.06. The van der Waals surface area contributed by atoms with Crippen LogP contribution in [0.1, 0.15) is 29.6 Å². The molecule has 0 saturated heterocycles. The molecule has 0 bridgehead atoms. The van der Waals surface area contributed by atoms with Crippen molar-refractivity contribution >= 4 is 12.1 Å². The Morgan fingerprint density at radius 1 is 1.53 bits per heavy atom. The number of furan rings is 1. The van der Waals surface area contributed by atoms with E-state index in [1.165, 1.54) is 6.92 Å². The molecule has 2 aromatic rings. The average molecular weight is 259 g/mol. The largest absolute Gasteiger partial charge is 0.467 e. The maximum Gasteiger partial charge on any atom is 0.236 e. The van der Waals surface area contributed by atoms with Crippen LogP contribution in [0.2, 0.25) is 0 Å². The van der Waals surface area contributed by atoms with E-state index in [1.807, 2.05) is 32.0 Å². The highest BCUT2D eigenvalue weighted by Gasteiger charge is 2.09. The molecule has 0 saturated carbocycles. The van der Waals surface area contributed by atoms with Gasteiger partial charge in [0.05, 0.1) is 19.0 Å². The van der Waals surface area contributed by atoms with E-state index in [1.54, 1.807) is 12.5 Å². The molecule has 2 aromatic heterocycles. The number of hydrogen-bond donors (Lipinski definition) is 1. The number of hydrazone groups is 1. The summed E-state index contributed by atoms with van der Waals surface area (Å²) in [6.07, 6.45) is 3.32. The van der Waals surface area contributed by atoms with Gasteiger partial charge in [-0.3, -0.25) is 4.79 Å². The second kappa shape index (κ2) is 5.56. The Bertz CT molecular complexity index is 594. The fourth-order valence-corrected chi connectivity index (χ4v) is 1.95. The van der Waals surface area contributed by atoms with Crippen LogP contribution in [-0.2, 0) is 11.3 Å². The van der Waals surface area contributed by atoms with Crippen LogP contribution in [0.4, 0.5) is 0 Å². The Kier molecular flexibility index (Phi) is 3.85. The van der Waals surface area contributed by atoms with Crippen LogP contribution in [0, 0.1) is 13.8 Å². The van der Waals surface area contributed by atoms with Gasteiger partial charge >= 0.3 is 0 Å². The molecule has 1 N–H and O–H groups in total. The van der Waals surface area contributed by atoms with Gasteiger partial charge in [0.15, 0.2) is 0 Å². The van der Waals surface area contributed by atoms with Gasteiger partial charge in [-0.1, -0.05) is 0 Å². The number of aryl methyl sites for hydroxylation is 1. The Balaban J connectivity index is 2.19. The zero-order valence-electron chi connectivity index (χ0n) is 11.3. The molecular formula is C14H17N3O2. The molecule has 0 fully saturated rings. The molecule has 5 heteroatoms. The van der Waals surface area contributed by atoms with Crippen LogP contribution in [0.5, 0.6) is 0 Å². The molecule has 100 valence electrons. The molecule has 0 spiro atoms. The van der Waals surface area contributed by atoms with E-state index in [0.717, 1.165) is 22.7 Å². The topological polar surface area (TPSA) is 59.5 Å². The monoisotopic (exact) mass is 259 g/mol. The quantitative estimate of drug-likeness (QED) is 0.676. The van der Waals surface area contributed by atoms with E-state index in [9.17, 15) is 4.79 Å². The minimum Gasteiger partial charge on any atom is -0.467 e. The van der Waals surface area contributed by atoms with Crippen molar-refractivity contribution in [2.24, 2.45) is 5.10 Å². The normalized spacial score (nSPS) is 11.1. The zero-order valence-corrected chi connectivity index (χ0v) is 11.3. The SMILES string of the molecule is CC(=O)N/N=C\c1cc(C)n(Cc2ccco2)c1C. The summed E-state index contributed by atoms with van der Waals surface area (Å²) < 4.78 is 7.50. The third kappa shape index (κ3) is 3.13. The number of aromatic nitrogens is 1. The van der Waals surface area contributed by atoms with Crippen LogP contribution < -0.4 is 5.43 Å². The van der Waals surface area contributed by atoms with Gasteiger partial charge in [-0.15, -0.1) is 0 Å². The van der Waals surface area contributed by atoms with E-state index in [4.69, 9.17) is 4.42 Å². The highest BCUT2D eigenvalue weighted by molar-refractivity contribution is 5.83. The van der Waals surface area contributed by atoms with Crippen LogP contribution in [0.15, 0.2) is 34.0 Å². The maximum atomic E-state index is 10.8. The van der Waals surface area contributed by atoms with Gasteiger partial charge in [-0.2, -0.15) is 5.10 Å². The molecular weight excluding hydrogens is 242 g/mol. The fraction of sp³-hybridized carbons (Fsp3) is 0.286. The number of amides is 1. The van der Waals surface area contributed by atoms with Gasteiger partial charge in [-0.05, 0) is 32.0 Å². The first-order valence-electron chi connectivity index (χ1n) is 6.06. The predicted molar refractivity (Wildman–Crippen MR) is 73.1 cm³/mol. The third-order valence-electron chi connectivity index (χ3n) is 2.93. The van der Waals surface area contributed by atoms with Gasteiger partial charge in [0.1, 0.15) is 5.76 Å². The molecule has 0 aromatic carbocycles. The lowest BCUT2D eigenvalue weighted by atomic mass is 10.3. The Labute approximate surface area is 111 Å². The third-order valence-corrected chi connectivity index (χ3v) is 2.93. The van der Waals surface area contributed by atoms with Crippen molar-refractivity contribution in [2.45, 2.75) is 27.3 Å². The number of rotatable bonds is 4. The van der Waals surface area contributed by atoms with Gasteiger partial charge in [0.2, 0.25) is 5.91 Å². The molecule has 0 radical (unpaired) electrons. The van der Waals surface area contributed by atoms with Crippen molar-refractivity contribution in [1.82, 2.24) is 9.99 Å². The molecule has 0 aliphatic heterocycles. The van der Waals surface area contributed by atoms with Crippen molar-refractivity contribution < 1.29 is 9.21 Å². The Hall–Kier alpha value is -2.30. The minimum atomic E-state index is -0.180. The lowest BCUT2D eigenvalue weighted by molar-refractivity contribution is -0.118. The van der Waals surface area contributed by atoms with Crippen molar-refractivity contribution in [3.63, 3.8) is 0 Å². The summed E-state index contributed by atoms with van der Waals surface area (Å²) in [5.41, 5.74) is 5.59. The highest BCUT2D eigenvalue weighted by Crippen LogP contribution is 2.15. The van der Waals surface area contributed by atoms with E-state index in [2.05, 4.69) is 15.1 Å². The summed E-state index contributed by atoms with van der Waals surface area (Å²) in [4.78, 5) is 10.8. The summed E-state index contributed by atoms with van der Waals surface area (Å²) in [7, 11) is 0. The first-order chi connectivity index (χ1) is 9.08. The highest BCUT2D eigenvalue weighted by atomic mass is 16.3. The van der Waals surface area contributed by atoms with Crippen LogP contribution >= 0.6 is 0 Å². The van der Waals surface area contributed by atoms with E-state index in [0.29, 0.717) is 6.54 Å². The van der Waals surface area contributed by atoms with Crippen LogP contribution in [0.3, 0.4) is 0 Å². The first kappa shape index (κ1) is 13.1. The number of carbonyl (C=O) groups is 1. The fourth-order valence-electron chi connectivity index (χ4n) is 1.95. The number of nitrogens with zero attached hydrogens (tertiary/aromatic N) is 2. The molecule has 0 aliphatic carbocycles. The molecule has 0 unspecified atom stereocenters. The smallest absolute Gasteiger partial charge is 0.236 e. The second-order valence-corrected chi connectivity index (χ2v) is 4.42. The summed E-state index contributed by atoms with van der Waals surface area (Å²) >= 11 is 0. The molecule has 19 heavy (non-hydrogen) atoms. The van der Waals surface area contributed by atoms with E-state index >= 15 is 0 Å². The number of hydrogen-bond acceptors (Lipinski definition) is 3. The summed E-state index contributed by atoms with van der Waals surface area (Å²) in [6.45, 7) is 6.17. The van der Waals surface area contributed by atoms with Gasteiger partial charge < -0.3 is 8.98 Å². The Morgan fingerprint density at radius 3 is 2.95 bits per heavy atom. The van der Waals surface area contributed by atoms with Crippen LogP contribution in [-0.4, -0.2) is 16.7 Å². The maximum absolute atomic E-state index is 10.8. The Morgan fingerprint density at radius 2 is 2.32 bits per heavy atom. The van der Waals surface area contributed by atoms with Gasteiger partial charge in [0, 0.05) is 23.9 Å². The summed E-state index contributed by atoms with van der Waals surface area (Å²) in [5, 5.41) is 3.89. The molecule has 1 amide bonds. The lowest BCUT2D eigenvalue weighted by Crippen LogP contribution is -2.12. The first-order valence-corrected chi connectivity index (χ1v) is 6.06. The summed E-state index contributed by atoms with van der Waals surface area (Å²) in [6, 6.07) is 5.86. The van der Waals surface area contributed by atoms with E-state index in [-0.39, 0.29) is 5.91 Å². The predicted octanol–water partition coefficient (Wildman–Crippen LogP) is 2.22. The molecule has 2 heterocycles. The second-order valence-electron chi connectivity index (χ2n) is 4.42. The minimum absolute atomic E-state index is 0.180. The van der Waals surface area contributed by atoms with Crippen molar-refractivity contribution in [3.8, 4) is 0 Å². The molecule has 2 rings (SSSR count). The average Bonchev–Trinajstić information content (AvgIpc) is 2.93. The van der Waals surface area contributed by atoms with Crippen molar-refractivity contribution in [3.05, 3.63) is 47.2 Å². The van der Waals surface area contributed by atoms with Crippen molar-refractivity contribution in [2.75, 3.05) is 0 Å². The number of nitrogens with one attached hydrogen (secondary N) is 1. The standard InChI is InChI=1S/C14H17N3O2/c1-10-7-13(8-15-16-12(3)18)11(2)17(10)9-14-5-4-6-19-14/h4-8H,9H2,1-3H3,(H,16,18)/b15-8-. The van der Waals surface area contributed by atoms with Gasteiger partial charge in [0.25, 0.3) is 0 Å². The number of carbonyl (C=O) groups excluding carboxylic acids is 1. The zero-order chi connectivity index (χ0) is 13.8. The van der Waals surface area contributed by atoms with Crippen LogP contribution in [0.25, 0.3) is 0 Å². The van der Waals surface area contributed by atoms with E-state index < -0.39 is 0 Å². The van der Waals surface area contributed by atoms with Gasteiger partial charge in [-0.25, -0.2) is 5.43 Å². The molecule has 5 nitrogen and oxygen atoms in total.